The molecule has 0 fully saturated rings. The second kappa shape index (κ2) is 4.05. The number of nitrogens with one attached hydrogen (secondary N) is 1. The first-order valence-electron chi connectivity index (χ1n) is 5.50. The van der Waals surface area contributed by atoms with Crippen LogP contribution in [0.1, 0.15) is 0 Å². The number of nitrogens with two attached hydrogens (primary N) is 1. The lowest BCUT2D eigenvalue weighted by molar-refractivity contribution is 0.788. The van der Waals surface area contributed by atoms with Crippen molar-refractivity contribution in [2.75, 3.05) is 12.8 Å². The molecule has 1 atom stereocenters. The maximum atomic E-state index is 5.80. The molecule has 0 saturated heterocycles. The molecule has 1 aliphatic carbocycles. The van der Waals surface area contributed by atoms with Crippen LogP contribution in [-0.2, 0) is 0 Å². The van der Waals surface area contributed by atoms with Crippen LogP contribution in [0.25, 0.3) is 0 Å². The number of rotatable bonds is 1. The number of hydrogen-bond donors (Lipinski definition) is 2. The summed E-state index contributed by atoms with van der Waals surface area (Å²) in [7, 11) is 1.95. The number of aliphatic imine (C=N–C) groups is 1. The maximum Gasteiger partial charge on any atom is 0.0778 e. The van der Waals surface area contributed by atoms with Gasteiger partial charge in [0.1, 0.15) is 0 Å². The molecule has 0 radical (unpaired) electrons. The average Bonchev–Trinajstić information content (AvgIpc) is 2.35. The normalized spacial score (nSPS) is 21.4. The van der Waals surface area contributed by atoms with Gasteiger partial charge in [-0.25, -0.2) is 4.99 Å². The number of fused-ring (bicyclic) bond motifs is 2. The lowest BCUT2D eigenvalue weighted by atomic mass is 10.1. The molecule has 17 heavy (non-hydrogen) atoms. The molecule has 1 aromatic carbocycles. The maximum absolute atomic E-state index is 5.80. The Hall–Kier alpha value is -1.52. The molecule has 0 spiro atoms. The number of anilines is 1. The zero-order chi connectivity index (χ0) is 11.8. The highest BCUT2D eigenvalue weighted by atomic mass is 32.2. The zero-order valence-corrected chi connectivity index (χ0v) is 10.3. The third-order valence-electron chi connectivity index (χ3n) is 2.82. The molecule has 4 heteroatoms. The van der Waals surface area contributed by atoms with Crippen LogP contribution in [0.2, 0.25) is 0 Å². The Morgan fingerprint density at radius 1 is 1.41 bits per heavy atom. The van der Waals surface area contributed by atoms with E-state index in [1.807, 2.05) is 25.2 Å². The van der Waals surface area contributed by atoms with E-state index in [0.717, 1.165) is 22.0 Å². The highest BCUT2D eigenvalue weighted by molar-refractivity contribution is 8.04. The minimum atomic E-state index is 0.291. The topological polar surface area (TPSA) is 50.4 Å². The standard InChI is InChI=1S/C13H13N3S/c1-15-9-3-5-11-13(7-9)17-12-6-8(14)2-4-10(12)16-11/h2-7,9,15H,14H2,1H3. The van der Waals surface area contributed by atoms with E-state index in [1.54, 1.807) is 11.8 Å². The molecular formula is C13H13N3S. The molecule has 2 aliphatic rings. The van der Waals surface area contributed by atoms with Gasteiger partial charge in [0.05, 0.1) is 11.4 Å². The minimum Gasteiger partial charge on any atom is -0.399 e. The molecule has 1 unspecified atom stereocenters. The second-order valence-corrected chi connectivity index (χ2v) is 5.11. The first-order chi connectivity index (χ1) is 8.26. The van der Waals surface area contributed by atoms with Gasteiger partial charge in [-0.05, 0) is 37.4 Å². The van der Waals surface area contributed by atoms with Crippen molar-refractivity contribution in [3.05, 3.63) is 41.3 Å². The monoisotopic (exact) mass is 243 g/mol. The third-order valence-corrected chi connectivity index (χ3v) is 3.93. The van der Waals surface area contributed by atoms with E-state index in [4.69, 9.17) is 5.73 Å². The van der Waals surface area contributed by atoms with E-state index in [1.165, 1.54) is 4.91 Å². The van der Waals surface area contributed by atoms with Crippen LogP contribution in [0.5, 0.6) is 0 Å². The van der Waals surface area contributed by atoms with Crippen molar-refractivity contribution in [3.63, 3.8) is 0 Å². The largest absolute Gasteiger partial charge is 0.399 e. The molecule has 1 heterocycles. The summed E-state index contributed by atoms with van der Waals surface area (Å²) >= 11 is 1.73. The average molecular weight is 243 g/mol. The fourth-order valence-corrected chi connectivity index (χ4v) is 2.98. The number of allylic oxidation sites excluding steroid dienone is 2. The molecular weight excluding hydrogens is 230 g/mol. The Kier molecular flexibility index (Phi) is 2.53. The van der Waals surface area contributed by atoms with E-state index in [-0.39, 0.29) is 0 Å². The first kappa shape index (κ1) is 10.6. The summed E-state index contributed by atoms with van der Waals surface area (Å²) in [4.78, 5) is 6.96. The van der Waals surface area contributed by atoms with Crippen LogP contribution < -0.4 is 11.1 Å². The van der Waals surface area contributed by atoms with Gasteiger partial charge in [-0.15, -0.1) is 0 Å². The molecule has 0 amide bonds. The zero-order valence-electron chi connectivity index (χ0n) is 9.47. The Morgan fingerprint density at radius 2 is 2.29 bits per heavy atom. The minimum absolute atomic E-state index is 0.291. The predicted molar refractivity (Wildman–Crippen MR) is 73.9 cm³/mol. The molecule has 1 aromatic rings. The van der Waals surface area contributed by atoms with Gasteiger partial charge in [0.15, 0.2) is 0 Å². The lowest BCUT2D eigenvalue weighted by Crippen LogP contribution is -2.24. The van der Waals surface area contributed by atoms with E-state index < -0.39 is 0 Å². The SMILES string of the molecule is CNC1C=CC2=Nc3ccc(N)cc3SC2=C1. The second-order valence-electron chi connectivity index (χ2n) is 4.03. The first-order valence-corrected chi connectivity index (χ1v) is 6.31. The Labute approximate surface area is 105 Å². The Balaban J connectivity index is 2.05. The van der Waals surface area contributed by atoms with Gasteiger partial charge in [-0.1, -0.05) is 17.8 Å². The molecule has 0 bridgehead atoms. The van der Waals surface area contributed by atoms with E-state index >= 15 is 0 Å². The molecule has 86 valence electrons. The number of nitrogen functional groups attached to an aromatic ring is 1. The van der Waals surface area contributed by atoms with Crippen LogP contribution in [0.15, 0.2) is 51.2 Å². The van der Waals surface area contributed by atoms with E-state index in [0.29, 0.717) is 6.04 Å². The third kappa shape index (κ3) is 1.90. The van der Waals surface area contributed by atoms with Gasteiger partial charge in [0, 0.05) is 21.5 Å². The van der Waals surface area contributed by atoms with Gasteiger partial charge in [0.2, 0.25) is 0 Å². The van der Waals surface area contributed by atoms with Crippen LogP contribution in [-0.4, -0.2) is 18.8 Å². The van der Waals surface area contributed by atoms with Crippen molar-refractivity contribution >= 4 is 28.8 Å². The molecule has 3 nitrogen and oxygen atoms in total. The van der Waals surface area contributed by atoms with Crippen LogP contribution in [0, 0.1) is 0 Å². The van der Waals surface area contributed by atoms with Gasteiger partial charge in [0.25, 0.3) is 0 Å². The van der Waals surface area contributed by atoms with Crippen molar-refractivity contribution in [3.8, 4) is 0 Å². The molecule has 1 aliphatic heterocycles. The predicted octanol–water partition coefficient (Wildman–Crippen LogP) is 2.49. The van der Waals surface area contributed by atoms with Crippen molar-refractivity contribution in [1.82, 2.24) is 5.32 Å². The van der Waals surface area contributed by atoms with Crippen LogP contribution >= 0.6 is 11.8 Å². The van der Waals surface area contributed by atoms with E-state index in [9.17, 15) is 0 Å². The molecule has 3 N–H and O–H groups in total. The van der Waals surface area contributed by atoms with Crippen molar-refractivity contribution < 1.29 is 0 Å². The fourth-order valence-electron chi connectivity index (χ4n) is 1.89. The summed E-state index contributed by atoms with van der Waals surface area (Å²) in [6.45, 7) is 0. The summed E-state index contributed by atoms with van der Waals surface area (Å²) < 4.78 is 0. The van der Waals surface area contributed by atoms with Gasteiger partial charge in [-0.2, -0.15) is 0 Å². The highest BCUT2D eigenvalue weighted by Crippen LogP contribution is 2.42. The van der Waals surface area contributed by atoms with Gasteiger partial charge in [-0.3, -0.25) is 0 Å². The number of benzene rings is 1. The summed E-state index contributed by atoms with van der Waals surface area (Å²) in [5, 5.41) is 3.22. The smallest absolute Gasteiger partial charge is 0.0778 e. The Morgan fingerprint density at radius 3 is 3.12 bits per heavy atom. The molecule has 0 aromatic heterocycles. The number of thioether (sulfide) groups is 1. The summed E-state index contributed by atoms with van der Waals surface area (Å²) in [6, 6.07) is 6.13. The number of hydrogen-bond acceptors (Lipinski definition) is 4. The molecule has 0 saturated carbocycles. The Bertz CT molecular complexity index is 558. The summed E-state index contributed by atoms with van der Waals surface area (Å²) in [5.74, 6) is 0. The highest BCUT2D eigenvalue weighted by Gasteiger charge is 2.20. The van der Waals surface area contributed by atoms with E-state index in [2.05, 4.69) is 28.5 Å². The number of nitrogens with zero attached hydrogens (tertiary/aromatic N) is 1. The lowest BCUT2D eigenvalue weighted by Gasteiger charge is -2.21. The van der Waals surface area contributed by atoms with Gasteiger partial charge >= 0.3 is 0 Å². The molecule has 3 rings (SSSR count). The van der Waals surface area contributed by atoms with Crippen molar-refractivity contribution in [2.24, 2.45) is 4.99 Å². The van der Waals surface area contributed by atoms with Crippen LogP contribution in [0.3, 0.4) is 0 Å². The fraction of sp³-hybridized carbons (Fsp3) is 0.154. The van der Waals surface area contributed by atoms with Crippen LogP contribution in [0.4, 0.5) is 11.4 Å². The van der Waals surface area contributed by atoms with Gasteiger partial charge < -0.3 is 11.1 Å². The quantitative estimate of drug-likeness (QED) is 0.745. The number of likely N-dealkylation sites (N-methyl/N-ethyl adjacent to an activating group) is 1. The van der Waals surface area contributed by atoms with Crippen molar-refractivity contribution in [2.45, 2.75) is 10.9 Å². The van der Waals surface area contributed by atoms with Crippen molar-refractivity contribution in [1.29, 1.82) is 0 Å². The summed E-state index contributed by atoms with van der Waals surface area (Å²) in [6.07, 6.45) is 6.38. The summed E-state index contributed by atoms with van der Waals surface area (Å²) in [5.41, 5.74) is 8.62.